The maximum Gasteiger partial charge on any atom is 1.00 e. The van der Waals surface area contributed by atoms with E-state index in [4.69, 9.17) is 10.6 Å². The van der Waals surface area contributed by atoms with Gasteiger partial charge in [-0.3, -0.25) is 9.59 Å². The number of rotatable bonds is 4. The summed E-state index contributed by atoms with van der Waals surface area (Å²) in [4.78, 5) is 40.7. The average Bonchev–Trinajstić information content (AvgIpc) is 2.99. The molecule has 3 heterocycles. The number of carboxylic acid groups (broad SMARTS) is 1. The van der Waals surface area contributed by atoms with Crippen molar-refractivity contribution in [2.24, 2.45) is 16.8 Å². The molecule has 118 valence electrons. The van der Waals surface area contributed by atoms with E-state index in [1.807, 2.05) is 0 Å². The summed E-state index contributed by atoms with van der Waals surface area (Å²) in [5.41, 5.74) is 5.21. The third kappa shape index (κ3) is 2.67. The first-order valence-corrected chi connectivity index (χ1v) is 6.81. The van der Waals surface area contributed by atoms with Crippen LogP contribution in [0, 0.1) is 5.92 Å². The van der Waals surface area contributed by atoms with Gasteiger partial charge < -0.3 is 30.5 Å². The molecular formula is C13H14N3NaO6. The van der Waals surface area contributed by atoms with Crippen LogP contribution in [0.3, 0.4) is 0 Å². The van der Waals surface area contributed by atoms with Gasteiger partial charge in [-0.1, -0.05) is 5.16 Å². The zero-order valence-electron chi connectivity index (χ0n) is 12.7. The third-order valence-electron chi connectivity index (χ3n) is 4.30. The van der Waals surface area contributed by atoms with Gasteiger partial charge in [-0.15, -0.1) is 0 Å². The van der Waals surface area contributed by atoms with E-state index in [0.717, 1.165) is 4.90 Å². The van der Waals surface area contributed by atoms with E-state index in [2.05, 4.69) is 5.16 Å². The Hall–Kier alpha value is -1.42. The van der Waals surface area contributed by atoms with Crippen LogP contribution in [0.2, 0.25) is 0 Å². The van der Waals surface area contributed by atoms with Crippen LogP contribution in [-0.4, -0.2) is 51.8 Å². The maximum atomic E-state index is 12.0. The number of aliphatic hydroxyl groups excluding tert-OH is 1. The van der Waals surface area contributed by atoms with Gasteiger partial charge in [0.15, 0.2) is 6.10 Å². The second-order valence-corrected chi connectivity index (χ2v) is 5.61. The monoisotopic (exact) mass is 331 g/mol. The van der Waals surface area contributed by atoms with Gasteiger partial charge in [-0.2, -0.15) is 0 Å². The van der Waals surface area contributed by atoms with Crippen LogP contribution in [0.4, 0.5) is 0 Å². The van der Waals surface area contributed by atoms with Crippen molar-refractivity contribution in [3.63, 3.8) is 0 Å². The summed E-state index contributed by atoms with van der Waals surface area (Å²) in [6.07, 6.45) is -1.35. The summed E-state index contributed by atoms with van der Waals surface area (Å²) in [5.74, 6) is -3.34. The van der Waals surface area contributed by atoms with Crippen molar-refractivity contribution < 1.29 is 59.0 Å². The molecule has 4 atom stereocenters. The van der Waals surface area contributed by atoms with Crippen molar-refractivity contribution in [2.45, 2.75) is 38.0 Å². The van der Waals surface area contributed by atoms with Crippen LogP contribution in [0.1, 0.15) is 19.8 Å². The van der Waals surface area contributed by atoms with Gasteiger partial charge in [-0.05, 0) is 13.3 Å². The number of hydrogen-bond donors (Lipinski definition) is 2. The molecule has 1 saturated heterocycles. The van der Waals surface area contributed by atoms with E-state index in [-0.39, 0.29) is 53.8 Å². The number of amides is 2. The van der Waals surface area contributed by atoms with E-state index in [9.17, 15) is 24.6 Å². The molecule has 3 N–H and O–H groups in total. The smallest absolute Gasteiger partial charge is 0.543 e. The van der Waals surface area contributed by atoms with Crippen molar-refractivity contribution in [3.05, 3.63) is 11.3 Å². The van der Waals surface area contributed by atoms with Crippen molar-refractivity contribution in [3.8, 4) is 0 Å². The molecule has 0 aliphatic carbocycles. The Labute approximate surface area is 153 Å². The Morgan fingerprint density at radius 3 is 2.61 bits per heavy atom. The number of primary amides is 1. The fourth-order valence-electron chi connectivity index (χ4n) is 3.29. The molecular weight excluding hydrogens is 317 g/mol. The van der Waals surface area contributed by atoms with E-state index < -0.39 is 42.0 Å². The molecule has 0 saturated carbocycles. The van der Waals surface area contributed by atoms with Crippen LogP contribution < -0.4 is 40.4 Å². The Morgan fingerprint density at radius 2 is 2.13 bits per heavy atom. The molecule has 0 aromatic heterocycles. The summed E-state index contributed by atoms with van der Waals surface area (Å²) in [5, 5.41) is 24.6. The fourth-order valence-corrected chi connectivity index (χ4v) is 3.29. The molecule has 0 spiro atoms. The molecule has 0 bridgehead atoms. The van der Waals surface area contributed by atoms with Crippen molar-refractivity contribution in [2.75, 3.05) is 0 Å². The number of oxime groups is 1. The average molecular weight is 331 g/mol. The van der Waals surface area contributed by atoms with Gasteiger partial charge in [0.05, 0.1) is 29.7 Å². The fraction of sp³-hybridized carbons (Fsp3) is 0.538. The van der Waals surface area contributed by atoms with Gasteiger partial charge in [0.25, 0.3) is 5.91 Å². The molecule has 1 fully saturated rings. The molecule has 0 aromatic rings. The number of nitrogens with zero attached hydrogens (tertiary/aromatic N) is 2. The van der Waals surface area contributed by atoms with Crippen LogP contribution >= 0.6 is 0 Å². The molecule has 10 heteroatoms. The van der Waals surface area contributed by atoms with E-state index >= 15 is 0 Å². The Bertz CT molecular complexity index is 644. The van der Waals surface area contributed by atoms with E-state index in [0.29, 0.717) is 5.57 Å². The molecule has 23 heavy (non-hydrogen) atoms. The summed E-state index contributed by atoms with van der Waals surface area (Å²) in [6.45, 7) is 1.48. The SMILES string of the molecule is C[C@@H](O)[C@H]1C(=O)N2C(C(=O)[O-])=C([C@H]3CC(C(N)=O)=NO3)C[C@H]12.[Na+]. The number of β-lactam (4-membered cyclic amide) rings is 1. The van der Waals surface area contributed by atoms with Crippen LogP contribution in [-0.2, 0) is 19.2 Å². The van der Waals surface area contributed by atoms with Gasteiger partial charge in [-0.25, -0.2) is 0 Å². The van der Waals surface area contributed by atoms with Crippen LogP contribution in [0.15, 0.2) is 16.4 Å². The minimum absolute atomic E-state index is 0. The van der Waals surface area contributed by atoms with E-state index in [1.165, 1.54) is 6.92 Å². The molecule has 3 aliphatic rings. The van der Waals surface area contributed by atoms with Crippen LogP contribution in [0.5, 0.6) is 0 Å². The largest absolute Gasteiger partial charge is 1.00 e. The van der Waals surface area contributed by atoms with Crippen molar-refractivity contribution in [1.82, 2.24) is 4.90 Å². The third-order valence-corrected chi connectivity index (χ3v) is 4.30. The number of fused-ring (bicyclic) bond motifs is 1. The molecule has 9 nitrogen and oxygen atoms in total. The zero-order chi connectivity index (χ0) is 16.2. The molecule has 0 unspecified atom stereocenters. The molecule has 0 radical (unpaired) electrons. The molecule has 3 aliphatic heterocycles. The molecule has 3 rings (SSSR count). The maximum absolute atomic E-state index is 12.0. The number of carbonyl (C=O) groups is 3. The van der Waals surface area contributed by atoms with Gasteiger partial charge in [0, 0.05) is 12.0 Å². The standard InChI is InChI=1S/C13H15N3O6.Na/c1-4(17)9-7-2-5(8-3-6(11(14)18)15-22-8)10(13(20)21)16(7)12(9)19;/h4,7-9,17H,2-3H2,1H3,(H2,14,18)(H,20,21);/q;+1/p-1/t4-,7-,8-,9-;/m1./s1. The van der Waals surface area contributed by atoms with E-state index in [1.54, 1.807) is 0 Å². The first kappa shape index (κ1) is 17.9. The molecule has 0 aromatic carbocycles. The van der Waals surface area contributed by atoms with Gasteiger partial charge >= 0.3 is 29.6 Å². The second-order valence-electron chi connectivity index (χ2n) is 5.61. The van der Waals surface area contributed by atoms with Gasteiger partial charge in [0.1, 0.15) is 5.71 Å². The quantitative estimate of drug-likeness (QED) is 0.388. The summed E-state index contributed by atoms with van der Waals surface area (Å²) in [6, 6.07) is -0.434. The summed E-state index contributed by atoms with van der Waals surface area (Å²) in [7, 11) is 0. The minimum atomic E-state index is -1.49. The minimum Gasteiger partial charge on any atom is -0.543 e. The number of aliphatic carboxylic acids is 1. The number of aliphatic hydroxyl groups is 1. The first-order valence-electron chi connectivity index (χ1n) is 6.81. The number of carbonyl (C=O) groups excluding carboxylic acids is 3. The Kier molecular flexibility index (Phi) is 4.86. The predicted octanol–water partition coefficient (Wildman–Crippen LogP) is -5.76. The number of carboxylic acids is 1. The Morgan fingerprint density at radius 1 is 1.48 bits per heavy atom. The predicted molar refractivity (Wildman–Crippen MR) is 68.6 cm³/mol. The normalized spacial score (nSPS) is 30.0. The molecule has 2 amide bonds. The topological polar surface area (TPSA) is 145 Å². The van der Waals surface area contributed by atoms with Crippen molar-refractivity contribution in [1.29, 1.82) is 0 Å². The summed E-state index contributed by atoms with van der Waals surface area (Å²) < 4.78 is 0. The number of hydrogen-bond acceptors (Lipinski definition) is 7. The Balaban J connectivity index is 0.00000192. The number of nitrogens with two attached hydrogens (primary N) is 1. The zero-order valence-corrected chi connectivity index (χ0v) is 14.7. The van der Waals surface area contributed by atoms with Crippen LogP contribution in [0.25, 0.3) is 0 Å². The first-order chi connectivity index (χ1) is 10.3. The van der Waals surface area contributed by atoms with Gasteiger partial charge in [0.2, 0.25) is 5.91 Å². The van der Waals surface area contributed by atoms with Crippen molar-refractivity contribution >= 4 is 23.5 Å². The summed E-state index contributed by atoms with van der Waals surface area (Å²) >= 11 is 0. The second kappa shape index (κ2) is 6.23.